The number of aromatic nitrogens is 1. The molecule has 0 fully saturated rings. The van der Waals surface area contributed by atoms with E-state index in [2.05, 4.69) is 29.4 Å². The van der Waals surface area contributed by atoms with Crippen molar-refractivity contribution >= 4 is 11.0 Å². The highest BCUT2D eigenvalue weighted by Crippen LogP contribution is 2.29. The monoisotopic (exact) mass is 252 g/mol. The van der Waals surface area contributed by atoms with Crippen LogP contribution in [0.2, 0.25) is 0 Å². The summed E-state index contributed by atoms with van der Waals surface area (Å²) >= 11 is 0. The SMILES string of the molecule is CNC(c1cc2ccccc2o1)c1cnccc1C. The minimum absolute atomic E-state index is 0.0288. The number of fused-ring (bicyclic) bond motifs is 1. The molecule has 0 aliphatic heterocycles. The lowest BCUT2D eigenvalue weighted by molar-refractivity contribution is 0.490. The molecular weight excluding hydrogens is 236 g/mol. The third kappa shape index (κ3) is 2.13. The molecule has 2 aromatic heterocycles. The summed E-state index contributed by atoms with van der Waals surface area (Å²) in [5.41, 5.74) is 3.26. The number of hydrogen-bond donors (Lipinski definition) is 1. The molecule has 0 radical (unpaired) electrons. The summed E-state index contributed by atoms with van der Waals surface area (Å²) in [5.74, 6) is 0.916. The maximum atomic E-state index is 5.94. The third-order valence-electron chi connectivity index (χ3n) is 3.41. The van der Waals surface area contributed by atoms with Gasteiger partial charge in [0.1, 0.15) is 11.3 Å². The fourth-order valence-corrected chi connectivity index (χ4v) is 2.37. The Balaban J connectivity index is 2.09. The van der Waals surface area contributed by atoms with Crippen LogP contribution in [0.3, 0.4) is 0 Å². The van der Waals surface area contributed by atoms with Crippen LogP contribution in [-0.4, -0.2) is 12.0 Å². The number of furan rings is 1. The van der Waals surface area contributed by atoms with E-state index in [0.717, 1.165) is 22.3 Å². The number of nitrogens with zero attached hydrogens (tertiary/aromatic N) is 1. The van der Waals surface area contributed by atoms with E-state index >= 15 is 0 Å². The van der Waals surface area contributed by atoms with Crippen LogP contribution in [0, 0.1) is 6.92 Å². The van der Waals surface area contributed by atoms with Crippen molar-refractivity contribution in [2.75, 3.05) is 7.05 Å². The molecule has 0 bridgehead atoms. The molecule has 0 saturated carbocycles. The summed E-state index contributed by atoms with van der Waals surface area (Å²) < 4.78 is 5.94. The molecule has 1 atom stereocenters. The number of benzene rings is 1. The van der Waals surface area contributed by atoms with Gasteiger partial charge in [0.15, 0.2) is 0 Å². The van der Waals surface area contributed by atoms with Gasteiger partial charge in [-0.25, -0.2) is 0 Å². The van der Waals surface area contributed by atoms with Crippen LogP contribution in [0.15, 0.2) is 53.2 Å². The highest BCUT2D eigenvalue weighted by molar-refractivity contribution is 5.78. The summed E-state index contributed by atoms with van der Waals surface area (Å²) in [6, 6.07) is 12.2. The number of pyridine rings is 1. The minimum Gasteiger partial charge on any atom is -0.459 e. The summed E-state index contributed by atoms with van der Waals surface area (Å²) in [6.45, 7) is 2.09. The number of hydrogen-bond acceptors (Lipinski definition) is 3. The Bertz CT molecular complexity index is 670. The molecule has 0 aliphatic carbocycles. The van der Waals surface area contributed by atoms with E-state index in [0.29, 0.717) is 0 Å². The molecule has 3 nitrogen and oxygen atoms in total. The zero-order valence-corrected chi connectivity index (χ0v) is 11.1. The van der Waals surface area contributed by atoms with E-state index in [-0.39, 0.29) is 6.04 Å². The molecule has 3 aromatic rings. The predicted octanol–water partition coefficient (Wildman–Crippen LogP) is 3.45. The second kappa shape index (κ2) is 4.86. The normalized spacial score (nSPS) is 12.7. The fourth-order valence-electron chi connectivity index (χ4n) is 2.37. The van der Waals surface area contributed by atoms with E-state index in [4.69, 9.17) is 4.42 Å². The second-order valence-corrected chi connectivity index (χ2v) is 4.64. The van der Waals surface area contributed by atoms with Crippen molar-refractivity contribution in [1.29, 1.82) is 0 Å². The standard InChI is InChI=1S/C16H16N2O/c1-11-7-8-18-10-13(11)16(17-2)15-9-12-5-3-4-6-14(12)19-15/h3-10,16-17H,1-2H3. The fraction of sp³-hybridized carbons (Fsp3) is 0.188. The summed E-state index contributed by atoms with van der Waals surface area (Å²) in [4.78, 5) is 4.21. The van der Waals surface area contributed by atoms with Gasteiger partial charge in [-0.1, -0.05) is 18.2 Å². The van der Waals surface area contributed by atoms with Crippen molar-refractivity contribution in [1.82, 2.24) is 10.3 Å². The number of nitrogens with one attached hydrogen (secondary N) is 1. The Labute approximate surface area is 112 Å². The van der Waals surface area contributed by atoms with Crippen LogP contribution in [0.4, 0.5) is 0 Å². The van der Waals surface area contributed by atoms with Gasteiger partial charge in [-0.3, -0.25) is 4.98 Å². The largest absolute Gasteiger partial charge is 0.459 e. The highest BCUT2D eigenvalue weighted by atomic mass is 16.3. The van der Waals surface area contributed by atoms with Crippen molar-refractivity contribution in [2.24, 2.45) is 0 Å². The van der Waals surface area contributed by atoms with Gasteiger partial charge >= 0.3 is 0 Å². The Morgan fingerprint density at radius 3 is 2.79 bits per heavy atom. The first-order valence-corrected chi connectivity index (χ1v) is 6.36. The van der Waals surface area contributed by atoms with E-state index < -0.39 is 0 Å². The maximum absolute atomic E-state index is 5.94. The van der Waals surface area contributed by atoms with Gasteiger partial charge in [0, 0.05) is 17.8 Å². The van der Waals surface area contributed by atoms with Crippen molar-refractivity contribution in [3.63, 3.8) is 0 Å². The Morgan fingerprint density at radius 1 is 1.21 bits per heavy atom. The third-order valence-corrected chi connectivity index (χ3v) is 3.41. The first-order valence-electron chi connectivity index (χ1n) is 6.36. The van der Waals surface area contributed by atoms with Gasteiger partial charge in [-0.15, -0.1) is 0 Å². The molecule has 3 heteroatoms. The average Bonchev–Trinajstić information content (AvgIpc) is 2.85. The van der Waals surface area contributed by atoms with Gasteiger partial charge in [0.25, 0.3) is 0 Å². The summed E-state index contributed by atoms with van der Waals surface area (Å²) in [6.07, 6.45) is 3.70. The topological polar surface area (TPSA) is 38.1 Å². The van der Waals surface area contributed by atoms with Crippen molar-refractivity contribution in [2.45, 2.75) is 13.0 Å². The van der Waals surface area contributed by atoms with Gasteiger partial charge in [0.05, 0.1) is 6.04 Å². The predicted molar refractivity (Wildman–Crippen MR) is 76.1 cm³/mol. The smallest absolute Gasteiger partial charge is 0.134 e. The lowest BCUT2D eigenvalue weighted by Crippen LogP contribution is -2.18. The van der Waals surface area contributed by atoms with E-state index in [1.807, 2.05) is 43.7 Å². The Morgan fingerprint density at radius 2 is 2.05 bits per heavy atom. The lowest BCUT2D eigenvalue weighted by atomic mass is 10.0. The molecule has 2 heterocycles. The summed E-state index contributed by atoms with van der Waals surface area (Å²) in [5, 5.41) is 4.43. The summed E-state index contributed by atoms with van der Waals surface area (Å²) in [7, 11) is 1.93. The zero-order chi connectivity index (χ0) is 13.2. The van der Waals surface area contributed by atoms with Crippen molar-refractivity contribution in [3.05, 3.63) is 65.7 Å². The van der Waals surface area contributed by atoms with Crippen LogP contribution in [0.25, 0.3) is 11.0 Å². The molecule has 19 heavy (non-hydrogen) atoms. The lowest BCUT2D eigenvalue weighted by Gasteiger charge is -2.15. The van der Waals surface area contributed by atoms with Gasteiger partial charge in [0.2, 0.25) is 0 Å². The molecule has 0 spiro atoms. The highest BCUT2D eigenvalue weighted by Gasteiger charge is 2.18. The van der Waals surface area contributed by atoms with E-state index in [9.17, 15) is 0 Å². The Kier molecular flexibility index (Phi) is 3.05. The van der Waals surface area contributed by atoms with Crippen molar-refractivity contribution in [3.8, 4) is 0 Å². The Hall–Kier alpha value is -2.13. The van der Waals surface area contributed by atoms with Gasteiger partial charge in [-0.05, 0) is 43.3 Å². The van der Waals surface area contributed by atoms with Crippen LogP contribution < -0.4 is 5.32 Å². The van der Waals surface area contributed by atoms with E-state index in [1.165, 1.54) is 5.56 Å². The van der Waals surface area contributed by atoms with Crippen LogP contribution in [0.1, 0.15) is 22.9 Å². The quantitative estimate of drug-likeness (QED) is 0.776. The molecule has 1 N–H and O–H groups in total. The number of para-hydroxylation sites is 1. The van der Waals surface area contributed by atoms with Gasteiger partial charge in [-0.2, -0.15) is 0 Å². The second-order valence-electron chi connectivity index (χ2n) is 4.64. The zero-order valence-electron chi connectivity index (χ0n) is 11.1. The van der Waals surface area contributed by atoms with Crippen molar-refractivity contribution < 1.29 is 4.42 Å². The van der Waals surface area contributed by atoms with E-state index in [1.54, 1.807) is 0 Å². The first kappa shape index (κ1) is 11.9. The van der Waals surface area contributed by atoms with Crippen LogP contribution in [-0.2, 0) is 0 Å². The molecule has 0 saturated heterocycles. The number of aryl methyl sites for hydroxylation is 1. The van der Waals surface area contributed by atoms with Gasteiger partial charge < -0.3 is 9.73 Å². The average molecular weight is 252 g/mol. The molecule has 96 valence electrons. The molecule has 0 amide bonds. The molecule has 1 unspecified atom stereocenters. The molecule has 0 aliphatic rings. The first-order chi connectivity index (χ1) is 9.29. The maximum Gasteiger partial charge on any atom is 0.134 e. The van der Waals surface area contributed by atoms with Crippen LogP contribution >= 0.6 is 0 Å². The molecule has 3 rings (SSSR count). The molecular formula is C16H16N2O. The minimum atomic E-state index is 0.0288. The number of rotatable bonds is 3. The van der Waals surface area contributed by atoms with Crippen LogP contribution in [0.5, 0.6) is 0 Å². The molecule has 1 aromatic carbocycles.